The minimum Gasteiger partial charge on any atom is -0.423 e. The number of hydrogen-bond acceptors (Lipinski definition) is 3. The van der Waals surface area contributed by atoms with Crippen LogP contribution in [0, 0.1) is 5.82 Å². The van der Waals surface area contributed by atoms with Gasteiger partial charge in [-0.2, -0.15) is 0 Å². The molecular weight excluding hydrogens is 367 g/mol. The number of ketones is 1. The van der Waals surface area contributed by atoms with E-state index in [4.69, 9.17) is 16.3 Å². The maximum atomic E-state index is 12.9. The highest BCUT2D eigenvalue weighted by Crippen LogP contribution is 2.19. The molecule has 0 aliphatic heterocycles. The first-order valence-electron chi connectivity index (χ1n) is 8.08. The standard InChI is InChI=1S/C22H14ClFO3/c23-20-4-2-1-3-19(20)22(26)27-18-12-8-16(9-13-18)21(25)14-7-15-5-10-17(24)11-6-15/h1-14H. The molecule has 27 heavy (non-hydrogen) atoms. The molecule has 0 bridgehead atoms. The van der Waals surface area contributed by atoms with Gasteiger partial charge in [0.15, 0.2) is 5.78 Å². The van der Waals surface area contributed by atoms with Crippen molar-refractivity contribution in [3.8, 4) is 5.75 Å². The Morgan fingerprint density at radius 3 is 2.22 bits per heavy atom. The highest BCUT2D eigenvalue weighted by molar-refractivity contribution is 6.33. The first-order valence-corrected chi connectivity index (χ1v) is 8.45. The fourth-order valence-electron chi connectivity index (χ4n) is 2.32. The average molecular weight is 381 g/mol. The SMILES string of the molecule is O=C(C=Cc1ccc(F)cc1)c1ccc(OC(=O)c2ccccc2Cl)cc1. The largest absolute Gasteiger partial charge is 0.423 e. The van der Waals surface area contributed by atoms with Gasteiger partial charge in [0.05, 0.1) is 10.6 Å². The van der Waals surface area contributed by atoms with Crippen LogP contribution in [-0.2, 0) is 0 Å². The van der Waals surface area contributed by atoms with Gasteiger partial charge in [0, 0.05) is 5.56 Å². The molecule has 3 aromatic rings. The summed E-state index contributed by atoms with van der Waals surface area (Å²) >= 11 is 5.97. The lowest BCUT2D eigenvalue weighted by molar-refractivity contribution is 0.0735. The van der Waals surface area contributed by atoms with Gasteiger partial charge in [0.2, 0.25) is 0 Å². The molecule has 0 saturated carbocycles. The molecule has 0 radical (unpaired) electrons. The normalized spacial score (nSPS) is 10.7. The summed E-state index contributed by atoms with van der Waals surface area (Å²) in [5.74, 6) is -0.821. The third-order valence-corrected chi connectivity index (χ3v) is 4.07. The van der Waals surface area contributed by atoms with Crippen molar-refractivity contribution in [3.05, 3.63) is 106 Å². The van der Waals surface area contributed by atoms with Crippen LogP contribution in [0.3, 0.4) is 0 Å². The Balaban J connectivity index is 1.66. The monoisotopic (exact) mass is 380 g/mol. The second kappa shape index (κ2) is 8.43. The topological polar surface area (TPSA) is 43.4 Å². The molecule has 0 N–H and O–H groups in total. The number of rotatable bonds is 5. The minimum atomic E-state index is -0.573. The maximum absolute atomic E-state index is 12.9. The number of benzene rings is 3. The molecule has 3 nitrogen and oxygen atoms in total. The van der Waals surface area contributed by atoms with Crippen molar-refractivity contribution in [2.45, 2.75) is 0 Å². The van der Waals surface area contributed by atoms with Crippen molar-refractivity contribution in [1.29, 1.82) is 0 Å². The van der Waals surface area contributed by atoms with Gasteiger partial charge in [-0.05, 0) is 60.2 Å². The minimum absolute atomic E-state index is 0.219. The van der Waals surface area contributed by atoms with E-state index in [1.807, 2.05) is 0 Å². The van der Waals surface area contributed by atoms with Crippen LogP contribution in [0.2, 0.25) is 5.02 Å². The first-order chi connectivity index (χ1) is 13.0. The smallest absolute Gasteiger partial charge is 0.345 e. The Bertz CT molecular complexity index is 993. The zero-order valence-electron chi connectivity index (χ0n) is 14.1. The molecule has 0 spiro atoms. The zero-order valence-corrected chi connectivity index (χ0v) is 14.8. The fourth-order valence-corrected chi connectivity index (χ4v) is 2.53. The summed E-state index contributed by atoms with van der Waals surface area (Å²) < 4.78 is 18.1. The third-order valence-electron chi connectivity index (χ3n) is 3.74. The van der Waals surface area contributed by atoms with Crippen molar-refractivity contribution in [3.63, 3.8) is 0 Å². The van der Waals surface area contributed by atoms with Crippen LogP contribution in [0.5, 0.6) is 5.75 Å². The lowest BCUT2D eigenvalue weighted by Gasteiger charge is -2.06. The van der Waals surface area contributed by atoms with Crippen LogP contribution >= 0.6 is 11.6 Å². The predicted molar refractivity (Wildman–Crippen MR) is 103 cm³/mol. The van der Waals surface area contributed by atoms with Gasteiger partial charge >= 0.3 is 5.97 Å². The second-order valence-electron chi connectivity index (χ2n) is 5.64. The van der Waals surface area contributed by atoms with E-state index in [0.29, 0.717) is 16.3 Å². The highest BCUT2D eigenvalue weighted by atomic mass is 35.5. The Morgan fingerprint density at radius 1 is 0.889 bits per heavy atom. The molecule has 0 amide bonds. The average Bonchev–Trinajstić information content (AvgIpc) is 2.68. The molecule has 0 unspecified atom stereocenters. The van der Waals surface area contributed by atoms with E-state index >= 15 is 0 Å². The summed E-state index contributed by atoms with van der Waals surface area (Å²) in [5.41, 5.74) is 1.42. The molecule has 0 atom stereocenters. The zero-order chi connectivity index (χ0) is 19.2. The van der Waals surface area contributed by atoms with E-state index in [1.165, 1.54) is 30.3 Å². The fraction of sp³-hybridized carbons (Fsp3) is 0. The molecule has 0 heterocycles. The van der Waals surface area contributed by atoms with Gasteiger partial charge in [-0.25, -0.2) is 9.18 Å². The third kappa shape index (κ3) is 4.90. The van der Waals surface area contributed by atoms with Gasteiger partial charge < -0.3 is 4.74 Å². The summed E-state index contributed by atoms with van der Waals surface area (Å²) in [6.45, 7) is 0. The van der Waals surface area contributed by atoms with E-state index in [9.17, 15) is 14.0 Å². The Kier molecular flexibility index (Phi) is 5.79. The summed E-state index contributed by atoms with van der Waals surface area (Å²) in [6, 6.07) is 18.6. The van der Waals surface area contributed by atoms with Crippen LogP contribution in [0.4, 0.5) is 4.39 Å². The van der Waals surface area contributed by atoms with Crippen LogP contribution in [-0.4, -0.2) is 11.8 Å². The number of esters is 1. The van der Waals surface area contributed by atoms with Gasteiger partial charge in [-0.15, -0.1) is 0 Å². The summed E-state index contributed by atoms with van der Waals surface area (Å²) in [4.78, 5) is 24.3. The van der Waals surface area contributed by atoms with Gasteiger partial charge in [0.25, 0.3) is 0 Å². The number of halogens is 2. The predicted octanol–water partition coefficient (Wildman–Crippen LogP) is 5.59. The van der Waals surface area contributed by atoms with Crippen molar-refractivity contribution in [2.75, 3.05) is 0 Å². The van der Waals surface area contributed by atoms with E-state index in [2.05, 4.69) is 0 Å². The summed E-state index contributed by atoms with van der Waals surface area (Å²) in [5, 5.41) is 0.306. The van der Waals surface area contributed by atoms with E-state index < -0.39 is 5.97 Å². The second-order valence-corrected chi connectivity index (χ2v) is 6.05. The Labute approximate surface area is 160 Å². The molecule has 0 aliphatic carbocycles. The molecule has 5 heteroatoms. The molecular formula is C22H14ClFO3. The highest BCUT2D eigenvalue weighted by Gasteiger charge is 2.12. The maximum Gasteiger partial charge on any atom is 0.345 e. The van der Waals surface area contributed by atoms with Gasteiger partial charge in [0.1, 0.15) is 11.6 Å². The number of carbonyl (C=O) groups excluding carboxylic acids is 2. The lowest BCUT2D eigenvalue weighted by Crippen LogP contribution is -2.09. The van der Waals surface area contributed by atoms with Crippen molar-refractivity contribution in [1.82, 2.24) is 0 Å². The number of hydrogen-bond donors (Lipinski definition) is 0. The van der Waals surface area contributed by atoms with Crippen LogP contribution in [0.1, 0.15) is 26.3 Å². The molecule has 0 saturated heterocycles. The van der Waals surface area contributed by atoms with E-state index in [1.54, 1.807) is 54.6 Å². The van der Waals surface area contributed by atoms with Crippen LogP contribution in [0.25, 0.3) is 6.08 Å². The molecule has 0 aliphatic rings. The Hall–Kier alpha value is -3.24. The lowest BCUT2D eigenvalue weighted by atomic mass is 10.1. The number of ether oxygens (including phenoxy) is 1. The molecule has 0 fully saturated rings. The van der Waals surface area contributed by atoms with Gasteiger partial charge in [-0.1, -0.05) is 41.9 Å². The van der Waals surface area contributed by atoms with Crippen molar-refractivity contribution < 1.29 is 18.7 Å². The van der Waals surface area contributed by atoms with E-state index in [-0.39, 0.29) is 17.2 Å². The molecule has 3 aromatic carbocycles. The summed E-state index contributed by atoms with van der Waals surface area (Å²) in [7, 11) is 0. The van der Waals surface area contributed by atoms with E-state index in [0.717, 1.165) is 5.56 Å². The first kappa shape index (κ1) is 18.5. The van der Waals surface area contributed by atoms with Crippen molar-refractivity contribution >= 4 is 29.4 Å². The quantitative estimate of drug-likeness (QED) is 0.250. The van der Waals surface area contributed by atoms with Crippen LogP contribution < -0.4 is 4.74 Å². The number of carbonyl (C=O) groups is 2. The number of allylic oxidation sites excluding steroid dienone is 1. The van der Waals surface area contributed by atoms with Crippen LogP contribution in [0.15, 0.2) is 78.9 Å². The molecule has 134 valence electrons. The van der Waals surface area contributed by atoms with Crippen molar-refractivity contribution in [2.24, 2.45) is 0 Å². The summed E-state index contributed by atoms with van der Waals surface area (Å²) in [6.07, 6.45) is 3.01. The molecule has 3 rings (SSSR count). The van der Waals surface area contributed by atoms with Gasteiger partial charge in [-0.3, -0.25) is 4.79 Å². The molecule has 0 aromatic heterocycles. The Morgan fingerprint density at radius 2 is 1.56 bits per heavy atom.